The first-order chi connectivity index (χ1) is 10.4. The fraction of sp³-hybridized carbons (Fsp3) is 1.00. The van der Waals surface area contributed by atoms with E-state index < -0.39 is 0 Å². The van der Waals surface area contributed by atoms with Crippen LogP contribution in [0.15, 0.2) is 0 Å². The summed E-state index contributed by atoms with van der Waals surface area (Å²) in [5.74, 6) is 1.62. The van der Waals surface area contributed by atoms with Crippen molar-refractivity contribution in [3.63, 3.8) is 0 Å². The van der Waals surface area contributed by atoms with E-state index in [1.54, 1.807) is 0 Å². The maximum absolute atomic E-state index is 3.96. The Kier molecular flexibility index (Phi) is 4.49. The number of rotatable bonds is 2. The van der Waals surface area contributed by atoms with E-state index in [2.05, 4.69) is 21.3 Å². The van der Waals surface area contributed by atoms with Gasteiger partial charge in [0.2, 0.25) is 0 Å². The predicted molar refractivity (Wildman–Crippen MR) is 85.7 cm³/mol. The van der Waals surface area contributed by atoms with Crippen molar-refractivity contribution in [1.82, 2.24) is 21.3 Å². The molecule has 0 spiro atoms. The summed E-state index contributed by atoms with van der Waals surface area (Å²) in [5, 5.41) is 15.3. The Bertz CT molecular complexity index is 342. The Balaban J connectivity index is 1.40. The lowest BCUT2D eigenvalue weighted by Crippen LogP contribution is -2.71. The van der Waals surface area contributed by atoms with Crippen molar-refractivity contribution < 1.29 is 0 Å². The van der Waals surface area contributed by atoms with Gasteiger partial charge in [0.15, 0.2) is 0 Å². The summed E-state index contributed by atoms with van der Waals surface area (Å²) in [6, 6.07) is 1.53. The molecule has 2 heterocycles. The van der Waals surface area contributed by atoms with Crippen molar-refractivity contribution in [2.75, 3.05) is 6.67 Å². The molecule has 2 aliphatic heterocycles. The molecule has 0 amide bonds. The zero-order chi connectivity index (χ0) is 14.1. The van der Waals surface area contributed by atoms with Crippen LogP contribution in [-0.4, -0.2) is 31.1 Å². The molecule has 0 radical (unpaired) electrons. The number of piperidine rings is 1. The summed E-state index contributed by atoms with van der Waals surface area (Å²) in [5.41, 5.74) is 0. The van der Waals surface area contributed by atoms with Crippen LogP contribution in [0.2, 0.25) is 0 Å². The lowest BCUT2D eigenvalue weighted by atomic mass is 9.73. The van der Waals surface area contributed by atoms with Crippen molar-refractivity contribution in [3.05, 3.63) is 0 Å². The monoisotopic (exact) mass is 292 g/mol. The second-order valence-electron chi connectivity index (χ2n) is 7.76. The lowest BCUT2D eigenvalue weighted by molar-refractivity contribution is 0.0431. The number of hydrogen-bond acceptors (Lipinski definition) is 4. The molecule has 0 aromatic carbocycles. The first-order valence-electron chi connectivity index (χ1n) is 9.39. The highest BCUT2D eigenvalue weighted by atomic mass is 15.3. The molecule has 4 nitrogen and oxygen atoms in total. The molecule has 21 heavy (non-hydrogen) atoms. The van der Waals surface area contributed by atoms with Crippen LogP contribution in [0.4, 0.5) is 0 Å². The maximum atomic E-state index is 3.96. The second kappa shape index (κ2) is 6.53. The predicted octanol–water partition coefficient (Wildman–Crippen LogP) is 1.88. The Morgan fingerprint density at radius 2 is 1.62 bits per heavy atom. The molecule has 2 aliphatic carbocycles. The Morgan fingerprint density at radius 3 is 2.52 bits per heavy atom. The largest absolute Gasteiger partial charge is 0.299 e. The van der Waals surface area contributed by atoms with Crippen molar-refractivity contribution in [2.24, 2.45) is 11.8 Å². The van der Waals surface area contributed by atoms with E-state index in [4.69, 9.17) is 0 Å². The third kappa shape index (κ3) is 3.14. The summed E-state index contributed by atoms with van der Waals surface area (Å²) in [6.45, 7) is 0.940. The van der Waals surface area contributed by atoms with Gasteiger partial charge in [-0.3, -0.25) is 21.3 Å². The van der Waals surface area contributed by atoms with Gasteiger partial charge in [-0.25, -0.2) is 0 Å². The van der Waals surface area contributed by atoms with Crippen molar-refractivity contribution >= 4 is 0 Å². The third-order valence-corrected chi connectivity index (χ3v) is 6.40. The van der Waals surface area contributed by atoms with Gasteiger partial charge in [-0.1, -0.05) is 32.1 Å². The van der Waals surface area contributed by atoms with Gasteiger partial charge < -0.3 is 0 Å². The van der Waals surface area contributed by atoms with Crippen LogP contribution < -0.4 is 21.3 Å². The molecule has 0 aromatic rings. The zero-order valence-electron chi connectivity index (χ0n) is 13.2. The quantitative estimate of drug-likeness (QED) is 0.628. The summed E-state index contributed by atoms with van der Waals surface area (Å²) in [7, 11) is 0. The van der Waals surface area contributed by atoms with Crippen molar-refractivity contribution in [1.29, 1.82) is 0 Å². The summed E-state index contributed by atoms with van der Waals surface area (Å²) in [4.78, 5) is 0. The van der Waals surface area contributed by atoms with Crippen molar-refractivity contribution in [3.8, 4) is 0 Å². The number of nitrogens with one attached hydrogen (secondary N) is 4. The van der Waals surface area contributed by atoms with E-state index in [9.17, 15) is 0 Å². The highest BCUT2D eigenvalue weighted by Crippen LogP contribution is 2.36. The average Bonchev–Trinajstić information content (AvgIpc) is 2.54. The molecule has 4 aliphatic rings. The fourth-order valence-electron chi connectivity index (χ4n) is 5.22. The molecule has 4 N–H and O–H groups in total. The summed E-state index contributed by atoms with van der Waals surface area (Å²) >= 11 is 0. The van der Waals surface area contributed by atoms with Crippen LogP contribution in [0.25, 0.3) is 0 Å². The molecule has 0 bridgehead atoms. The van der Waals surface area contributed by atoms with Gasteiger partial charge in [-0.05, 0) is 38.0 Å². The van der Waals surface area contributed by atoms with Gasteiger partial charge in [0.25, 0.3) is 0 Å². The SMILES string of the molecule is C1CCC(NC2NCNC3NC4CCCCC4CC23)CC1. The summed E-state index contributed by atoms with van der Waals surface area (Å²) < 4.78 is 0. The smallest absolute Gasteiger partial charge is 0.0641 e. The molecule has 4 rings (SSSR count). The Hall–Kier alpha value is -0.160. The molecular weight excluding hydrogens is 260 g/mol. The Labute approximate surface area is 129 Å². The molecule has 5 unspecified atom stereocenters. The highest BCUT2D eigenvalue weighted by Gasteiger charge is 2.42. The number of hydrogen-bond donors (Lipinski definition) is 4. The minimum Gasteiger partial charge on any atom is -0.299 e. The minimum atomic E-state index is 0.509. The number of fused-ring (bicyclic) bond motifs is 2. The molecule has 2 saturated carbocycles. The van der Waals surface area contributed by atoms with Gasteiger partial charge in [-0.2, -0.15) is 0 Å². The fourth-order valence-corrected chi connectivity index (χ4v) is 5.22. The third-order valence-electron chi connectivity index (χ3n) is 6.40. The van der Waals surface area contributed by atoms with E-state index >= 15 is 0 Å². The van der Waals surface area contributed by atoms with Crippen LogP contribution in [0.5, 0.6) is 0 Å². The van der Waals surface area contributed by atoms with Crippen LogP contribution in [0, 0.1) is 11.8 Å². The van der Waals surface area contributed by atoms with E-state index in [0.717, 1.165) is 24.7 Å². The average molecular weight is 292 g/mol. The molecule has 0 aromatic heterocycles. The first kappa shape index (κ1) is 14.4. The molecule has 4 heteroatoms. The highest BCUT2D eigenvalue weighted by molar-refractivity contribution is 4.98. The molecule has 120 valence electrons. The van der Waals surface area contributed by atoms with Gasteiger partial charge >= 0.3 is 0 Å². The van der Waals surface area contributed by atoms with Gasteiger partial charge in [0, 0.05) is 24.7 Å². The van der Waals surface area contributed by atoms with Crippen LogP contribution >= 0.6 is 0 Å². The summed E-state index contributed by atoms with van der Waals surface area (Å²) in [6.07, 6.45) is 15.2. The maximum Gasteiger partial charge on any atom is 0.0641 e. The van der Waals surface area contributed by atoms with Crippen LogP contribution in [0.1, 0.15) is 64.2 Å². The first-order valence-corrected chi connectivity index (χ1v) is 9.39. The molecule has 2 saturated heterocycles. The standard InChI is InChI=1S/C17H32N4/c1-2-7-13(8-3-1)20-16-14-10-12-6-4-5-9-15(12)21-17(14)19-11-18-16/h12-21H,1-11H2. The lowest BCUT2D eigenvalue weighted by Gasteiger charge is -2.51. The van der Waals surface area contributed by atoms with E-state index in [1.165, 1.54) is 64.2 Å². The second-order valence-corrected chi connectivity index (χ2v) is 7.76. The van der Waals surface area contributed by atoms with Gasteiger partial charge in [0.05, 0.1) is 12.3 Å². The van der Waals surface area contributed by atoms with Gasteiger partial charge in [0.1, 0.15) is 0 Å². The molecule has 4 fully saturated rings. The van der Waals surface area contributed by atoms with Crippen LogP contribution in [-0.2, 0) is 0 Å². The topological polar surface area (TPSA) is 48.1 Å². The van der Waals surface area contributed by atoms with Gasteiger partial charge in [-0.15, -0.1) is 0 Å². The minimum absolute atomic E-state index is 0.509. The Morgan fingerprint density at radius 1 is 0.810 bits per heavy atom. The van der Waals surface area contributed by atoms with Crippen molar-refractivity contribution in [2.45, 2.75) is 88.6 Å². The molecular formula is C17H32N4. The zero-order valence-corrected chi connectivity index (χ0v) is 13.2. The molecule has 5 atom stereocenters. The normalized spacial score (nSPS) is 44.9. The van der Waals surface area contributed by atoms with E-state index in [1.807, 2.05) is 0 Å². The van der Waals surface area contributed by atoms with E-state index in [-0.39, 0.29) is 0 Å². The van der Waals surface area contributed by atoms with Crippen LogP contribution in [0.3, 0.4) is 0 Å². The van der Waals surface area contributed by atoms with E-state index in [0.29, 0.717) is 18.2 Å².